The Morgan fingerprint density at radius 2 is 1.64 bits per heavy atom. The third kappa shape index (κ3) is 3.99. The van der Waals surface area contributed by atoms with E-state index in [-0.39, 0.29) is 6.03 Å². The zero-order valence-corrected chi connectivity index (χ0v) is 10.2. The fraction of sp³-hybridized carbons (Fsp3) is 0.909. The minimum atomic E-state index is 0.155. The zero-order valence-electron chi connectivity index (χ0n) is 10.2. The number of nitrogens with zero attached hydrogens (tertiary/aromatic N) is 2. The first-order chi connectivity index (χ1) is 6.61. The van der Waals surface area contributed by atoms with Crippen LogP contribution in [0.2, 0.25) is 0 Å². The molecule has 3 heteroatoms. The van der Waals surface area contributed by atoms with Crippen molar-refractivity contribution < 1.29 is 4.79 Å². The SMILES string of the molecule is CC.CC1CCN(C(=O)N(C)C)CC1. The van der Waals surface area contributed by atoms with Gasteiger partial charge in [0.15, 0.2) is 0 Å². The van der Waals surface area contributed by atoms with Crippen LogP contribution in [0.5, 0.6) is 0 Å². The quantitative estimate of drug-likeness (QED) is 0.589. The molecule has 1 saturated heterocycles. The van der Waals surface area contributed by atoms with E-state index in [4.69, 9.17) is 0 Å². The van der Waals surface area contributed by atoms with Gasteiger partial charge in [0.1, 0.15) is 0 Å². The molecule has 0 bridgehead atoms. The van der Waals surface area contributed by atoms with Crippen molar-refractivity contribution in [3.63, 3.8) is 0 Å². The summed E-state index contributed by atoms with van der Waals surface area (Å²) < 4.78 is 0. The van der Waals surface area contributed by atoms with E-state index in [1.807, 2.05) is 18.7 Å². The molecule has 0 aliphatic carbocycles. The van der Waals surface area contributed by atoms with Gasteiger partial charge >= 0.3 is 6.03 Å². The lowest BCUT2D eigenvalue weighted by Crippen LogP contribution is -2.43. The van der Waals surface area contributed by atoms with E-state index in [9.17, 15) is 4.79 Å². The third-order valence-corrected chi connectivity index (χ3v) is 2.44. The molecule has 1 fully saturated rings. The molecule has 0 N–H and O–H groups in total. The van der Waals surface area contributed by atoms with Crippen LogP contribution < -0.4 is 0 Å². The van der Waals surface area contributed by atoms with Gasteiger partial charge in [0.25, 0.3) is 0 Å². The Hall–Kier alpha value is -0.730. The molecule has 84 valence electrons. The normalized spacial score (nSPS) is 17.1. The van der Waals surface area contributed by atoms with Crippen LogP contribution in [0, 0.1) is 5.92 Å². The van der Waals surface area contributed by atoms with Crippen LogP contribution in [-0.2, 0) is 0 Å². The fourth-order valence-corrected chi connectivity index (χ4v) is 1.48. The van der Waals surface area contributed by atoms with Crippen LogP contribution in [0.1, 0.15) is 33.6 Å². The van der Waals surface area contributed by atoms with Crippen LogP contribution in [0.15, 0.2) is 0 Å². The second kappa shape index (κ2) is 6.68. The Morgan fingerprint density at radius 3 is 2.00 bits per heavy atom. The lowest BCUT2D eigenvalue weighted by Gasteiger charge is -2.32. The van der Waals surface area contributed by atoms with Crippen molar-refractivity contribution in [2.24, 2.45) is 5.92 Å². The monoisotopic (exact) mass is 200 g/mol. The smallest absolute Gasteiger partial charge is 0.319 e. The van der Waals surface area contributed by atoms with E-state index in [0.717, 1.165) is 31.8 Å². The molecule has 2 amide bonds. The van der Waals surface area contributed by atoms with Gasteiger partial charge in [-0.2, -0.15) is 0 Å². The van der Waals surface area contributed by atoms with Crippen LogP contribution in [0.4, 0.5) is 4.79 Å². The summed E-state index contributed by atoms with van der Waals surface area (Å²) in [6.45, 7) is 8.10. The summed E-state index contributed by atoms with van der Waals surface area (Å²) in [5, 5.41) is 0. The molecule has 0 aromatic rings. The highest BCUT2D eigenvalue weighted by molar-refractivity contribution is 5.73. The number of hydrogen-bond acceptors (Lipinski definition) is 1. The Bertz CT molecular complexity index is 161. The largest absolute Gasteiger partial charge is 0.331 e. The molecule has 0 saturated carbocycles. The molecular formula is C11H24N2O. The molecule has 0 unspecified atom stereocenters. The summed E-state index contributed by atoms with van der Waals surface area (Å²) >= 11 is 0. The lowest BCUT2D eigenvalue weighted by molar-refractivity contribution is 0.150. The first kappa shape index (κ1) is 13.3. The number of carbonyl (C=O) groups excluding carboxylic acids is 1. The van der Waals surface area contributed by atoms with Gasteiger partial charge < -0.3 is 9.80 Å². The van der Waals surface area contributed by atoms with Crippen molar-refractivity contribution in [1.29, 1.82) is 0 Å². The van der Waals surface area contributed by atoms with Crippen LogP contribution in [-0.4, -0.2) is 43.0 Å². The van der Waals surface area contributed by atoms with E-state index in [1.165, 1.54) is 0 Å². The van der Waals surface area contributed by atoms with Gasteiger partial charge in [0.05, 0.1) is 0 Å². The van der Waals surface area contributed by atoms with Gasteiger partial charge in [-0.1, -0.05) is 20.8 Å². The number of rotatable bonds is 0. The van der Waals surface area contributed by atoms with Crippen molar-refractivity contribution >= 4 is 6.03 Å². The number of carbonyl (C=O) groups is 1. The number of hydrogen-bond donors (Lipinski definition) is 0. The summed E-state index contributed by atoms with van der Waals surface area (Å²) in [5.74, 6) is 0.788. The maximum atomic E-state index is 11.5. The zero-order chi connectivity index (χ0) is 11.1. The van der Waals surface area contributed by atoms with Crippen molar-refractivity contribution in [3.05, 3.63) is 0 Å². The summed E-state index contributed by atoms with van der Waals surface area (Å²) in [7, 11) is 3.61. The summed E-state index contributed by atoms with van der Waals surface area (Å²) in [6, 6.07) is 0.155. The summed E-state index contributed by atoms with van der Waals surface area (Å²) in [4.78, 5) is 15.0. The highest BCUT2D eigenvalue weighted by Gasteiger charge is 2.20. The van der Waals surface area contributed by atoms with Crippen molar-refractivity contribution in [3.8, 4) is 0 Å². The minimum absolute atomic E-state index is 0.155. The average Bonchev–Trinajstić information content (AvgIpc) is 2.21. The first-order valence-corrected chi connectivity index (χ1v) is 5.57. The van der Waals surface area contributed by atoms with Crippen LogP contribution in [0.25, 0.3) is 0 Å². The number of piperidine rings is 1. The summed E-state index contributed by atoms with van der Waals surface area (Å²) in [5.41, 5.74) is 0. The van der Waals surface area contributed by atoms with E-state index < -0.39 is 0 Å². The molecule has 0 spiro atoms. The Labute approximate surface area is 88.1 Å². The van der Waals surface area contributed by atoms with Gasteiger partial charge in [-0.25, -0.2) is 4.79 Å². The second-order valence-corrected chi connectivity index (χ2v) is 3.85. The molecule has 0 aromatic heterocycles. The van der Waals surface area contributed by atoms with Gasteiger partial charge in [0.2, 0.25) is 0 Å². The molecule has 1 heterocycles. The fourth-order valence-electron chi connectivity index (χ4n) is 1.48. The van der Waals surface area contributed by atoms with E-state index in [1.54, 1.807) is 19.0 Å². The van der Waals surface area contributed by atoms with Gasteiger partial charge in [-0.15, -0.1) is 0 Å². The molecule has 1 aliphatic rings. The van der Waals surface area contributed by atoms with Gasteiger partial charge in [0, 0.05) is 27.2 Å². The number of likely N-dealkylation sites (tertiary alicyclic amines) is 1. The Kier molecular flexibility index (Phi) is 6.34. The summed E-state index contributed by atoms with van der Waals surface area (Å²) in [6.07, 6.45) is 2.30. The van der Waals surface area contributed by atoms with E-state index >= 15 is 0 Å². The Balaban J connectivity index is 0.000000791. The highest BCUT2D eigenvalue weighted by Crippen LogP contribution is 2.16. The first-order valence-electron chi connectivity index (χ1n) is 5.57. The van der Waals surface area contributed by atoms with Crippen molar-refractivity contribution in [2.45, 2.75) is 33.6 Å². The van der Waals surface area contributed by atoms with Crippen LogP contribution >= 0.6 is 0 Å². The maximum Gasteiger partial charge on any atom is 0.319 e. The van der Waals surface area contributed by atoms with Gasteiger partial charge in [-0.05, 0) is 18.8 Å². The average molecular weight is 200 g/mol. The molecule has 1 aliphatic heterocycles. The number of urea groups is 1. The predicted octanol–water partition coefficient (Wildman–Crippen LogP) is 2.43. The van der Waals surface area contributed by atoms with Crippen LogP contribution in [0.3, 0.4) is 0 Å². The van der Waals surface area contributed by atoms with Gasteiger partial charge in [-0.3, -0.25) is 0 Å². The molecule has 0 radical (unpaired) electrons. The third-order valence-electron chi connectivity index (χ3n) is 2.44. The van der Waals surface area contributed by atoms with E-state index in [0.29, 0.717) is 0 Å². The highest BCUT2D eigenvalue weighted by atomic mass is 16.2. The standard InChI is InChI=1S/C9H18N2O.C2H6/c1-8-4-6-11(7-5-8)9(12)10(2)3;1-2/h8H,4-7H2,1-3H3;1-2H3. The maximum absolute atomic E-state index is 11.5. The number of amides is 2. The molecule has 1 rings (SSSR count). The van der Waals surface area contributed by atoms with E-state index in [2.05, 4.69) is 6.92 Å². The van der Waals surface area contributed by atoms with Crippen molar-refractivity contribution in [1.82, 2.24) is 9.80 Å². The topological polar surface area (TPSA) is 23.6 Å². The molecule has 0 atom stereocenters. The lowest BCUT2D eigenvalue weighted by atomic mass is 10.00. The molecular weight excluding hydrogens is 176 g/mol. The Morgan fingerprint density at radius 1 is 1.21 bits per heavy atom. The molecule has 0 aromatic carbocycles. The molecule has 3 nitrogen and oxygen atoms in total. The van der Waals surface area contributed by atoms with Crippen molar-refractivity contribution in [2.75, 3.05) is 27.2 Å². The second-order valence-electron chi connectivity index (χ2n) is 3.85. The predicted molar refractivity (Wildman–Crippen MR) is 60.4 cm³/mol. The molecule has 14 heavy (non-hydrogen) atoms. The minimum Gasteiger partial charge on any atom is -0.331 e.